The minimum atomic E-state index is -0.440. The van der Waals surface area contributed by atoms with Gasteiger partial charge in [0.1, 0.15) is 0 Å². The lowest BCUT2D eigenvalue weighted by Gasteiger charge is -2.37. The summed E-state index contributed by atoms with van der Waals surface area (Å²) in [5, 5.41) is 0.958. The van der Waals surface area contributed by atoms with Crippen LogP contribution < -0.4 is 0 Å². The van der Waals surface area contributed by atoms with Crippen LogP contribution in [0.2, 0.25) is 10.0 Å². The third kappa shape index (κ3) is 3.65. The molecule has 2 rings (SSSR count). The largest absolute Gasteiger partial charge is 0.469 e. The molecule has 7 heteroatoms. The minimum absolute atomic E-state index is 0.270. The van der Waals surface area contributed by atoms with Crippen molar-refractivity contribution in [3.8, 4) is 0 Å². The van der Waals surface area contributed by atoms with Crippen molar-refractivity contribution in [3.05, 3.63) is 33.8 Å². The number of methoxy groups -OCH3 is 2. The molecule has 2 unspecified atom stereocenters. The van der Waals surface area contributed by atoms with Gasteiger partial charge < -0.3 is 14.4 Å². The molecule has 1 aromatic rings. The molecule has 22 heavy (non-hydrogen) atoms. The number of nitrogens with zero attached hydrogens (tertiary/aromatic N) is 1. The van der Waals surface area contributed by atoms with Crippen molar-refractivity contribution in [1.82, 2.24) is 4.90 Å². The smallest absolute Gasteiger partial charge is 0.409 e. The second-order valence-electron chi connectivity index (χ2n) is 5.13. The van der Waals surface area contributed by atoms with Gasteiger partial charge in [-0.25, -0.2) is 4.79 Å². The van der Waals surface area contributed by atoms with Crippen LogP contribution >= 0.6 is 23.2 Å². The molecular formula is C15H17Cl2NO4. The van der Waals surface area contributed by atoms with Crippen molar-refractivity contribution >= 4 is 35.3 Å². The summed E-state index contributed by atoms with van der Waals surface area (Å²) in [5.41, 5.74) is 0.775. The van der Waals surface area contributed by atoms with Crippen LogP contribution in [0.25, 0.3) is 0 Å². The van der Waals surface area contributed by atoms with Gasteiger partial charge in [-0.1, -0.05) is 23.2 Å². The molecule has 5 nitrogen and oxygen atoms in total. The van der Waals surface area contributed by atoms with Crippen molar-refractivity contribution in [2.45, 2.75) is 18.9 Å². The Morgan fingerprint density at radius 3 is 2.32 bits per heavy atom. The molecule has 1 saturated heterocycles. The van der Waals surface area contributed by atoms with E-state index in [1.807, 2.05) is 0 Å². The van der Waals surface area contributed by atoms with E-state index >= 15 is 0 Å². The summed E-state index contributed by atoms with van der Waals surface area (Å²) in [6.45, 7) is 0.404. The fraction of sp³-hybridized carbons (Fsp3) is 0.467. The number of esters is 1. The Kier molecular flexibility index (Phi) is 5.53. The second-order valence-corrected chi connectivity index (χ2v) is 6.00. The van der Waals surface area contributed by atoms with E-state index in [-0.39, 0.29) is 17.9 Å². The van der Waals surface area contributed by atoms with Gasteiger partial charge in [0.2, 0.25) is 0 Å². The second kappa shape index (κ2) is 7.20. The molecular weight excluding hydrogens is 329 g/mol. The zero-order valence-electron chi connectivity index (χ0n) is 12.3. The van der Waals surface area contributed by atoms with Crippen LogP contribution in [0.5, 0.6) is 0 Å². The summed E-state index contributed by atoms with van der Waals surface area (Å²) >= 11 is 12.1. The number of ether oxygens (including phenoxy) is 2. The predicted octanol–water partition coefficient (Wildman–Crippen LogP) is 3.69. The van der Waals surface area contributed by atoms with E-state index in [1.54, 1.807) is 23.1 Å². The van der Waals surface area contributed by atoms with Crippen LogP contribution in [0.15, 0.2) is 18.2 Å². The summed E-state index contributed by atoms with van der Waals surface area (Å²) in [4.78, 5) is 25.4. The third-order valence-corrected chi connectivity index (χ3v) is 4.25. The zero-order chi connectivity index (χ0) is 16.3. The lowest BCUT2D eigenvalue weighted by atomic mass is 9.87. The number of halogens is 2. The highest BCUT2D eigenvalue weighted by Crippen LogP contribution is 2.37. The van der Waals surface area contributed by atoms with E-state index in [2.05, 4.69) is 0 Å². The molecule has 1 fully saturated rings. The van der Waals surface area contributed by atoms with Gasteiger partial charge in [-0.05, 0) is 36.6 Å². The van der Waals surface area contributed by atoms with Crippen molar-refractivity contribution < 1.29 is 19.1 Å². The highest BCUT2D eigenvalue weighted by Gasteiger charge is 2.36. The molecule has 0 radical (unpaired) electrons. The van der Waals surface area contributed by atoms with Crippen molar-refractivity contribution in [2.24, 2.45) is 5.92 Å². The molecule has 0 saturated carbocycles. The molecule has 0 N–H and O–H groups in total. The Hall–Kier alpha value is -1.46. The summed E-state index contributed by atoms with van der Waals surface area (Å²) in [5.74, 6) is -0.545. The Labute approximate surface area is 139 Å². The normalized spacial score (nSPS) is 21.4. The van der Waals surface area contributed by atoms with E-state index < -0.39 is 6.09 Å². The number of rotatable bonds is 2. The Morgan fingerprint density at radius 1 is 1.14 bits per heavy atom. The van der Waals surface area contributed by atoms with Gasteiger partial charge in [-0.3, -0.25) is 4.79 Å². The molecule has 0 aromatic heterocycles. The molecule has 0 aliphatic carbocycles. The maximum absolute atomic E-state index is 12.0. The minimum Gasteiger partial charge on any atom is -0.469 e. The van der Waals surface area contributed by atoms with E-state index in [1.165, 1.54) is 14.2 Å². The van der Waals surface area contributed by atoms with Gasteiger partial charge in [-0.15, -0.1) is 0 Å². The van der Waals surface area contributed by atoms with Gasteiger partial charge in [-0.2, -0.15) is 0 Å². The highest BCUT2D eigenvalue weighted by atomic mass is 35.5. The molecule has 2 atom stereocenters. The van der Waals surface area contributed by atoms with E-state index in [0.29, 0.717) is 29.4 Å². The number of carbonyl (C=O) groups excluding carboxylic acids is 2. The molecule has 120 valence electrons. The summed E-state index contributed by atoms with van der Waals surface area (Å²) < 4.78 is 9.65. The Morgan fingerprint density at radius 2 is 1.77 bits per heavy atom. The standard InChI is InChI=1S/C15H17Cl2NO4/c1-21-14(19)9-3-4-18(15(20)22-2)13(7-9)10-5-11(16)8-12(17)6-10/h5-6,8-9,13H,3-4,7H2,1-2H3. The summed E-state index contributed by atoms with van der Waals surface area (Å²) in [6, 6.07) is 4.78. The average Bonchev–Trinajstić information content (AvgIpc) is 2.51. The van der Waals surface area contributed by atoms with Crippen LogP contribution in [0.1, 0.15) is 24.4 Å². The van der Waals surface area contributed by atoms with Crippen molar-refractivity contribution in [3.63, 3.8) is 0 Å². The highest BCUT2D eigenvalue weighted by molar-refractivity contribution is 6.34. The lowest BCUT2D eigenvalue weighted by Crippen LogP contribution is -2.42. The maximum atomic E-state index is 12.0. The predicted molar refractivity (Wildman–Crippen MR) is 83.1 cm³/mol. The van der Waals surface area contributed by atoms with Crippen molar-refractivity contribution in [2.75, 3.05) is 20.8 Å². The first kappa shape index (κ1) is 16.9. The monoisotopic (exact) mass is 345 g/mol. The van der Waals surface area contributed by atoms with Gasteiger partial charge in [0, 0.05) is 16.6 Å². The Bertz CT molecular complexity index is 558. The van der Waals surface area contributed by atoms with Crippen LogP contribution in [0.3, 0.4) is 0 Å². The van der Waals surface area contributed by atoms with E-state index in [0.717, 1.165) is 5.56 Å². The molecule has 0 spiro atoms. The lowest BCUT2D eigenvalue weighted by molar-refractivity contribution is -0.147. The zero-order valence-corrected chi connectivity index (χ0v) is 13.9. The fourth-order valence-electron chi connectivity index (χ4n) is 2.77. The molecule has 1 aliphatic heterocycles. The first-order valence-electron chi connectivity index (χ1n) is 6.84. The van der Waals surface area contributed by atoms with E-state index in [9.17, 15) is 9.59 Å². The molecule has 1 amide bonds. The number of hydrogen-bond acceptors (Lipinski definition) is 4. The van der Waals surface area contributed by atoms with E-state index in [4.69, 9.17) is 32.7 Å². The number of amides is 1. The summed E-state index contributed by atoms with van der Waals surface area (Å²) in [7, 11) is 2.69. The quantitative estimate of drug-likeness (QED) is 0.767. The SMILES string of the molecule is COC(=O)C1CCN(C(=O)OC)C(c2cc(Cl)cc(Cl)c2)C1. The first-order valence-corrected chi connectivity index (χ1v) is 7.60. The first-order chi connectivity index (χ1) is 10.5. The fourth-order valence-corrected chi connectivity index (χ4v) is 3.31. The van der Waals surface area contributed by atoms with Gasteiger partial charge in [0.15, 0.2) is 0 Å². The number of hydrogen-bond donors (Lipinski definition) is 0. The summed E-state index contributed by atoms with van der Waals surface area (Å²) in [6.07, 6.45) is 0.537. The van der Waals surface area contributed by atoms with Crippen LogP contribution in [-0.4, -0.2) is 37.7 Å². The molecule has 0 bridgehead atoms. The van der Waals surface area contributed by atoms with Gasteiger partial charge >= 0.3 is 12.1 Å². The van der Waals surface area contributed by atoms with Crippen LogP contribution in [0.4, 0.5) is 4.79 Å². The van der Waals surface area contributed by atoms with Crippen molar-refractivity contribution in [1.29, 1.82) is 0 Å². The topological polar surface area (TPSA) is 55.8 Å². The van der Waals surface area contributed by atoms with Gasteiger partial charge in [0.05, 0.1) is 26.2 Å². The van der Waals surface area contributed by atoms with Crippen LogP contribution in [0, 0.1) is 5.92 Å². The molecule has 1 aliphatic rings. The average molecular weight is 346 g/mol. The Balaban J connectivity index is 2.34. The number of likely N-dealkylation sites (tertiary alicyclic amines) is 1. The number of benzene rings is 1. The third-order valence-electron chi connectivity index (χ3n) is 3.82. The maximum Gasteiger partial charge on any atom is 0.409 e. The molecule has 1 heterocycles. The number of piperidine rings is 1. The number of carbonyl (C=O) groups is 2. The molecule has 1 aromatic carbocycles. The van der Waals surface area contributed by atoms with Crippen LogP contribution in [-0.2, 0) is 14.3 Å². The van der Waals surface area contributed by atoms with Gasteiger partial charge in [0.25, 0.3) is 0 Å².